The van der Waals surface area contributed by atoms with Crippen LogP contribution in [-0.4, -0.2) is 18.0 Å². The zero-order chi connectivity index (χ0) is 23.8. The van der Waals surface area contributed by atoms with Gasteiger partial charge in [-0.25, -0.2) is 4.98 Å². The van der Waals surface area contributed by atoms with Gasteiger partial charge in [-0.1, -0.05) is 29.8 Å². The summed E-state index contributed by atoms with van der Waals surface area (Å²) in [7, 11) is 1.57. The Kier molecular flexibility index (Phi) is 5.99. The van der Waals surface area contributed by atoms with Crippen molar-refractivity contribution in [1.29, 1.82) is 0 Å². The van der Waals surface area contributed by atoms with Crippen molar-refractivity contribution >= 4 is 34.1 Å². The molecule has 0 aliphatic rings. The van der Waals surface area contributed by atoms with E-state index in [0.717, 1.165) is 23.8 Å². The molecule has 0 fully saturated rings. The molecule has 0 aliphatic carbocycles. The fourth-order valence-corrected chi connectivity index (χ4v) is 3.78. The predicted molar refractivity (Wildman–Crippen MR) is 123 cm³/mol. The number of nitrogens with zero attached hydrogens (tertiary/aromatic N) is 1. The standard InChI is InChI=1S/C25H18ClF3N2O2/c1-14-22(24(32)31-21-13-16(25(27,28)29)9-12-19(21)26)18-5-3-4-6-20(18)30-23(14)15-7-10-17(33-2)11-8-15/h3-13H,1-2H3,(H,31,32). The average molecular weight is 471 g/mol. The topological polar surface area (TPSA) is 51.2 Å². The fraction of sp³-hybridized carbons (Fsp3) is 0.120. The molecule has 8 heteroatoms. The van der Waals surface area contributed by atoms with Crippen LogP contribution in [0.3, 0.4) is 0 Å². The number of pyridine rings is 1. The second kappa shape index (κ2) is 8.75. The first-order valence-electron chi connectivity index (χ1n) is 9.91. The van der Waals surface area contributed by atoms with Gasteiger partial charge in [0.1, 0.15) is 5.75 Å². The average Bonchev–Trinajstić information content (AvgIpc) is 2.79. The number of methoxy groups -OCH3 is 1. The van der Waals surface area contributed by atoms with E-state index in [-0.39, 0.29) is 10.7 Å². The van der Waals surface area contributed by atoms with Crippen LogP contribution in [0.25, 0.3) is 22.2 Å². The Hall–Kier alpha value is -3.58. The lowest BCUT2D eigenvalue weighted by molar-refractivity contribution is -0.137. The first-order chi connectivity index (χ1) is 15.7. The first kappa shape index (κ1) is 22.6. The molecule has 0 bridgehead atoms. The molecular formula is C25H18ClF3N2O2. The lowest BCUT2D eigenvalue weighted by Crippen LogP contribution is -2.16. The van der Waals surface area contributed by atoms with Crippen LogP contribution in [0.4, 0.5) is 18.9 Å². The number of halogens is 4. The van der Waals surface area contributed by atoms with Gasteiger partial charge in [-0.05, 0) is 61.0 Å². The highest BCUT2D eigenvalue weighted by Crippen LogP contribution is 2.35. The quantitative estimate of drug-likeness (QED) is 0.345. The van der Waals surface area contributed by atoms with E-state index in [0.29, 0.717) is 33.5 Å². The van der Waals surface area contributed by atoms with Gasteiger partial charge in [-0.2, -0.15) is 13.2 Å². The van der Waals surface area contributed by atoms with Gasteiger partial charge in [-0.15, -0.1) is 0 Å². The Bertz CT molecular complexity index is 1350. The highest BCUT2D eigenvalue weighted by molar-refractivity contribution is 6.34. The lowest BCUT2D eigenvalue weighted by atomic mass is 9.97. The number of alkyl halides is 3. The summed E-state index contributed by atoms with van der Waals surface area (Å²) in [5.41, 5.74) is 1.79. The van der Waals surface area contributed by atoms with Crippen LogP contribution in [0.1, 0.15) is 21.5 Å². The minimum Gasteiger partial charge on any atom is -0.497 e. The van der Waals surface area contributed by atoms with Crippen LogP contribution in [0, 0.1) is 6.92 Å². The van der Waals surface area contributed by atoms with Crippen molar-refractivity contribution in [2.45, 2.75) is 13.1 Å². The molecule has 168 valence electrons. The zero-order valence-electron chi connectivity index (χ0n) is 17.6. The van der Waals surface area contributed by atoms with Crippen molar-refractivity contribution in [3.63, 3.8) is 0 Å². The minimum atomic E-state index is -4.56. The van der Waals surface area contributed by atoms with Crippen molar-refractivity contribution in [2.24, 2.45) is 0 Å². The number of benzene rings is 3. The van der Waals surface area contributed by atoms with E-state index >= 15 is 0 Å². The molecule has 0 spiro atoms. The Morgan fingerprint density at radius 1 is 1.03 bits per heavy atom. The van der Waals surface area contributed by atoms with Crippen LogP contribution in [0.5, 0.6) is 5.75 Å². The van der Waals surface area contributed by atoms with Crippen molar-refractivity contribution in [3.05, 3.63) is 88.4 Å². The SMILES string of the molecule is COc1ccc(-c2nc3ccccc3c(C(=O)Nc3cc(C(F)(F)F)ccc3Cl)c2C)cc1. The summed E-state index contributed by atoms with van der Waals surface area (Å²) >= 11 is 6.09. The molecule has 4 nitrogen and oxygen atoms in total. The molecule has 0 saturated carbocycles. The molecule has 3 aromatic carbocycles. The van der Waals surface area contributed by atoms with E-state index in [2.05, 4.69) is 5.32 Å². The molecule has 1 amide bonds. The maximum atomic E-state index is 13.3. The number of ether oxygens (including phenoxy) is 1. The lowest BCUT2D eigenvalue weighted by Gasteiger charge is -2.16. The number of para-hydroxylation sites is 1. The zero-order valence-corrected chi connectivity index (χ0v) is 18.4. The van der Waals surface area contributed by atoms with Gasteiger partial charge in [-0.3, -0.25) is 4.79 Å². The number of aromatic nitrogens is 1. The third-order valence-electron chi connectivity index (χ3n) is 5.27. The number of fused-ring (bicyclic) bond motifs is 1. The van der Waals surface area contributed by atoms with Crippen LogP contribution in [0.15, 0.2) is 66.7 Å². The smallest absolute Gasteiger partial charge is 0.416 e. The number of anilines is 1. The molecule has 0 unspecified atom stereocenters. The highest BCUT2D eigenvalue weighted by atomic mass is 35.5. The summed E-state index contributed by atoms with van der Waals surface area (Å²) in [6.45, 7) is 1.75. The molecule has 33 heavy (non-hydrogen) atoms. The predicted octanol–water partition coefficient (Wildman–Crippen LogP) is 7.14. The van der Waals surface area contributed by atoms with Crippen molar-refractivity contribution in [3.8, 4) is 17.0 Å². The van der Waals surface area contributed by atoms with Gasteiger partial charge in [0.25, 0.3) is 5.91 Å². The molecule has 0 aliphatic heterocycles. The molecular weight excluding hydrogens is 453 g/mol. The first-order valence-corrected chi connectivity index (χ1v) is 10.3. The molecule has 1 heterocycles. The van der Waals surface area contributed by atoms with E-state index in [1.165, 1.54) is 0 Å². The van der Waals surface area contributed by atoms with E-state index in [4.69, 9.17) is 21.3 Å². The van der Waals surface area contributed by atoms with E-state index in [9.17, 15) is 18.0 Å². The van der Waals surface area contributed by atoms with Gasteiger partial charge in [0.05, 0.1) is 40.2 Å². The third-order valence-corrected chi connectivity index (χ3v) is 5.60. The third kappa shape index (κ3) is 4.50. The van der Waals surface area contributed by atoms with Crippen LogP contribution in [-0.2, 0) is 6.18 Å². The van der Waals surface area contributed by atoms with Gasteiger partial charge in [0.2, 0.25) is 0 Å². The molecule has 1 N–H and O–H groups in total. The molecule has 1 aromatic heterocycles. The molecule has 0 atom stereocenters. The number of carbonyl (C=O) groups excluding carboxylic acids is 1. The number of nitrogens with one attached hydrogen (secondary N) is 1. The summed E-state index contributed by atoms with van der Waals surface area (Å²) in [6.07, 6.45) is -4.56. The Balaban J connectivity index is 1.83. The van der Waals surface area contributed by atoms with E-state index in [1.54, 1.807) is 50.4 Å². The van der Waals surface area contributed by atoms with Gasteiger partial charge in [0.15, 0.2) is 0 Å². The highest BCUT2D eigenvalue weighted by Gasteiger charge is 2.31. The van der Waals surface area contributed by atoms with Gasteiger partial charge < -0.3 is 10.1 Å². The summed E-state index contributed by atoms with van der Waals surface area (Å²) < 4.78 is 44.7. The Morgan fingerprint density at radius 2 is 1.73 bits per heavy atom. The van der Waals surface area contributed by atoms with Gasteiger partial charge >= 0.3 is 6.18 Å². The van der Waals surface area contributed by atoms with Gasteiger partial charge in [0, 0.05) is 10.9 Å². The number of amides is 1. The summed E-state index contributed by atoms with van der Waals surface area (Å²) in [4.78, 5) is 18.1. The molecule has 0 saturated heterocycles. The molecule has 0 radical (unpaired) electrons. The van der Waals surface area contributed by atoms with Crippen LogP contribution < -0.4 is 10.1 Å². The minimum absolute atomic E-state index is 0.00254. The number of carbonyl (C=O) groups is 1. The Labute approximate surface area is 193 Å². The number of hydrogen-bond donors (Lipinski definition) is 1. The van der Waals surface area contributed by atoms with Crippen molar-refractivity contribution in [1.82, 2.24) is 4.98 Å². The summed E-state index contributed by atoms with van der Waals surface area (Å²) in [5.74, 6) is 0.0939. The van der Waals surface area contributed by atoms with E-state index in [1.807, 2.05) is 12.1 Å². The van der Waals surface area contributed by atoms with Crippen molar-refractivity contribution in [2.75, 3.05) is 12.4 Å². The fourth-order valence-electron chi connectivity index (χ4n) is 3.61. The second-order valence-electron chi connectivity index (χ2n) is 7.35. The molecule has 4 rings (SSSR count). The van der Waals surface area contributed by atoms with Crippen LogP contribution >= 0.6 is 11.6 Å². The number of rotatable bonds is 4. The second-order valence-corrected chi connectivity index (χ2v) is 7.76. The molecule has 4 aromatic rings. The summed E-state index contributed by atoms with van der Waals surface area (Å²) in [5, 5.41) is 3.13. The van der Waals surface area contributed by atoms with E-state index < -0.39 is 17.6 Å². The maximum Gasteiger partial charge on any atom is 0.416 e. The summed E-state index contributed by atoms with van der Waals surface area (Å²) in [6, 6.07) is 17.1. The number of hydrogen-bond acceptors (Lipinski definition) is 3. The van der Waals surface area contributed by atoms with Crippen LogP contribution in [0.2, 0.25) is 5.02 Å². The van der Waals surface area contributed by atoms with Crippen molar-refractivity contribution < 1.29 is 22.7 Å². The Morgan fingerprint density at radius 3 is 2.39 bits per heavy atom. The largest absolute Gasteiger partial charge is 0.497 e. The monoisotopic (exact) mass is 470 g/mol. The normalized spacial score (nSPS) is 11.5. The maximum absolute atomic E-state index is 13.3.